The molecule has 0 fully saturated rings. The first-order valence-corrected chi connectivity index (χ1v) is 5.94. The van der Waals surface area contributed by atoms with E-state index in [1.165, 1.54) is 0 Å². The van der Waals surface area contributed by atoms with Gasteiger partial charge in [-0.2, -0.15) is 5.10 Å². The molecule has 3 rings (SSSR count). The Bertz CT molecular complexity index is 662. The minimum atomic E-state index is 0.735. The molecule has 0 unspecified atom stereocenters. The number of rotatable bonds is 2. The van der Waals surface area contributed by atoms with Crippen LogP contribution in [0, 0.1) is 0 Å². The molecule has 84 valence electrons. The number of nitrogens with one attached hydrogen (secondary N) is 2. The maximum Gasteiger partial charge on any atom is 0.178 e. The minimum absolute atomic E-state index is 0.735. The van der Waals surface area contributed by atoms with Crippen LogP contribution in [0.4, 0.5) is 11.5 Å². The summed E-state index contributed by atoms with van der Waals surface area (Å²) in [5, 5.41) is 10.4. The predicted molar refractivity (Wildman–Crippen MR) is 71.3 cm³/mol. The van der Waals surface area contributed by atoms with Crippen LogP contribution in [-0.4, -0.2) is 15.2 Å². The van der Waals surface area contributed by atoms with Crippen LogP contribution < -0.4 is 5.32 Å². The van der Waals surface area contributed by atoms with Gasteiger partial charge in [0.25, 0.3) is 0 Å². The van der Waals surface area contributed by atoms with Crippen molar-refractivity contribution in [2.24, 2.45) is 0 Å². The minimum Gasteiger partial charge on any atom is -0.337 e. The third-order valence-electron chi connectivity index (χ3n) is 2.41. The Balaban J connectivity index is 2.00. The highest BCUT2D eigenvalue weighted by molar-refractivity contribution is 9.10. The SMILES string of the molecule is Brc1cccc(Nc2n[nH]c3cccnc23)c1. The zero-order valence-corrected chi connectivity index (χ0v) is 10.4. The molecule has 0 amide bonds. The van der Waals surface area contributed by atoms with E-state index in [-0.39, 0.29) is 0 Å². The van der Waals surface area contributed by atoms with Crippen molar-refractivity contribution in [2.75, 3.05) is 5.32 Å². The number of benzene rings is 1. The van der Waals surface area contributed by atoms with Crippen LogP contribution in [0.3, 0.4) is 0 Å². The normalized spacial score (nSPS) is 10.6. The van der Waals surface area contributed by atoms with Crippen molar-refractivity contribution in [3.63, 3.8) is 0 Å². The lowest BCUT2D eigenvalue weighted by molar-refractivity contribution is 1.12. The largest absolute Gasteiger partial charge is 0.337 e. The summed E-state index contributed by atoms with van der Waals surface area (Å²) in [6.07, 6.45) is 1.75. The van der Waals surface area contributed by atoms with E-state index in [4.69, 9.17) is 0 Å². The van der Waals surface area contributed by atoms with Gasteiger partial charge >= 0.3 is 0 Å². The van der Waals surface area contributed by atoms with Crippen LogP contribution in [0.1, 0.15) is 0 Å². The summed E-state index contributed by atoms with van der Waals surface area (Å²) in [6, 6.07) is 11.7. The molecule has 0 spiro atoms. The van der Waals surface area contributed by atoms with E-state index in [0.29, 0.717) is 0 Å². The number of H-pyrrole nitrogens is 1. The highest BCUT2D eigenvalue weighted by Gasteiger charge is 2.06. The highest BCUT2D eigenvalue weighted by Crippen LogP contribution is 2.23. The van der Waals surface area contributed by atoms with Gasteiger partial charge in [0.2, 0.25) is 0 Å². The number of anilines is 2. The summed E-state index contributed by atoms with van der Waals surface area (Å²) in [5.74, 6) is 0.735. The molecule has 0 atom stereocenters. The van der Waals surface area contributed by atoms with E-state index in [0.717, 1.165) is 27.0 Å². The number of nitrogens with zero attached hydrogens (tertiary/aromatic N) is 2. The number of hydrogen-bond donors (Lipinski definition) is 2. The summed E-state index contributed by atoms with van der Waals surface area (Å²) >= 11 is 3.43. The van der Waals surface area contributed by atoms with Crippen molar-refractivity contribution in [1.82, 2.24) is 15.2 Å². The Morgan fingerprint density at radius 3 is 3.00 bits per heavy atom. The smallest absolute Gasteiger partial charge is 0.178 e. The number of fused-ring (bicyclic) bond motifs is 1. The number of aromatic amines is 1. The Labute approximate surface area is 106 Å². The Kier molecular flexibility index (Phi) is 2.53. The first-order chi connectivity index (χ1) is 8.33. The fourth-order valence-electron chi connectivity index (χ4n) is 1.64. The van der Waals surface area contributed by atoms with E-state index in [2.05, 4.69) is 36.4 Å². The number of halogens is 1. The molecule has 0 aliphatic heterocycles. The Hall–Kier alpha value is -1.88. The molecule has 2 N–H and O–H groups in total. The molecule has 0 bridgehead atoms. The third kappa shape index (κ3) is 2.01. The topological polar surface area (TPSA) is 53.6 Å². The lowest BCUT2D eigenvalue weighted by Crippen LogP contribution is -1.91. The first-order valence-electron chi connectivity index (χ1n) is 5.14. The summed E-state index contributed by atoms with van der Waals surface area (Å²) in [7, 11) is 0. The van der Waals surface area contributed by atoms with E-state index in [1.807, 2.05) is 36.4 Å². The quantitative estimate of drug-likeness (QED) is 0.759. The first kappa shape index (κ1) is 10.3. The van der Waals surface area contributed by atoms with E-state index in [1.54, 1.807) is 6.20 Å². The Morgan fingerprint density at radius 1 is 1.18 bits per heavy atom. The molecular formula is C12H9BrN4. The number of pyridine rings is 1. The fraction of sp³-hybridized carbons (Fsp3) is 0. The molecule has 0 aliphatic rings. The highest BCUT2D eigenvalue weighted by atomic mass is 79.9. The van der Waals surface area contributed by atoms with Gasteiger partial charge in [-0.05, 0) is 30.3 Å². The standard InChI is InChI=1S/C12H9BrN4/c13-8-3-1-4-9(7-8)15-12-11-10(16-17-12)5-2-6-14-11/h1-7H,(H2,15,16,17). The van der Waals surface area contributed by atoms with E-state index < -0.39 is 0 Å². The van der Waals surface area contributed by atoms with Gasteiger partial charge in [-0.1, -0.05) is 22.0 Å². The average molecular weight is 289 g/mol. The van der Waals surface area contributed by atoms with Crippen molar-refractivity contribution < 1.29 is 0 Å². The summed E-state index contributed by atoms with van der Waals surface area (Å²) in [4.78, 5) is 4.29. The maximum atomic E-state index is 4.29. The monoisotopic (exact) mass is 288 g/mol. The van der Waals surface area contributed by atoms with Gasteiger partial charge in [-0.3, -0.25) is 10.1 Å². The van der Waals surface area contributed by atoms with E-state index in [9.17, 15) is 0 Å². The van der Waals surface area contributed by atoms with E-state index >= 15 is 0 Å². The maximum absolute atomic E-state index is 4.29. The number of hydrogen-bond acceptors (Lipinski definition) is 3. The molecule has 0 saturated carbocycles. The second kappa shape index (κ2) is 4.18. The molecule has 2 heterocycles. The molecule has 3 aromatic rings. The van der Waals surface area contributed by atoms with Gasteiger partial charge in [-0.15, -0.1) is 0 Å². The molecule has 5 heteroatoms. The zero-order valence-electron chi connectivity index (χ0n) is 8.81. The van der Waals surface area contributed by atoms with Gasteiger partial charge in [-0.25, -0.2) is 0 Å². The van der Waals surface area contributed by atoms with Crippen molar-refractivity contribution in [3.05, 3.63) is 47.1 Å². The van der Waals surface area contributed by atoms with Crippen molar-refractivity contribution >= 4 is 38.5 Å². The van der Waals surface area contributed by atoms with Crippen molar-refractivity contribution in [3.8, 4) is 0 Å². The van der Waals surface area contributed by atoms with Crippen LogP contribution in [0.5, 0.6) is 0 Å². The van der Waals surface area contributed by atoms with Gasteiger partial charge in [0.05, 0.1) is 5.52 Å². The molecule has 2 aromatic heterocycles. The molecular weight excluding hydrogens is 280 g/mol. The third-order valence-corrected chi connectivity index (χ3v) is 2.90. The molecule has 0 radical (unpaired) electrons. The van der Waals surface area contributed by atoms with Gasteiger partial charge in [0.1, 0.15) is 5.52 Å². The van der Waals surface area contributed by atoms with Crippen molar-refractivity contribution in [2.45, 2.75) is 0 Å². The fourth-order valence-corrected chi connectivity index (χ4v) is 2.04. The van der Waals surface area contributed by atoms with Crippen LogP contribution in [0.2, 0.25) is 0 Å². The Morgan fingerprint density at radius 2 is 2.12 bits per heavy atom. The van der Waals surface area contributed by atoms with Gasteiger partial charge in [0, 0.05) is 16.4 Å². The number of aromatic nitrogens is 3. The second-order valence-corrected chi connectivity index (χ2v) is 4.52. The van der Waals surface area contributed by atoms with Gasteiger partial charge < -0.3 is 5.32 Å². The van der Waals surface area contributed by atoms with Crippen molar-refractivity contribution in [1.29, 1.82) is 0 Å². The van der Waals surface area contributed by atoms with Crippen LogP contribution in [-0.2, 0) is 0 Å². The molecule has 1 aromatic carbocycles. The summed E-state index contributed by atoms with van der Waals surface area (Å²) in [6.45, 7) is 0. The summed E-state index contributed by atoms with van der Waals surface area (Å²) in [5.41, 5.74) is 2.73. The zero-order chi connectivity index (χ0) is 11.7. The second-order valence-electron chi connectivity index (χ2n) is 3.61. The molecule has 17 heavy (non-hydrogen) atoms. The lowest BCUT2D eigenvalue weighted by Gasteiger charge is -2.03. The molecule has 4 nitrogen and oxygen atoms in total. The average Bonchev–Trinajstić information content (AvgIpc) is 2.73. The van der Waals surface area contributed by atoms with Crippen LogP contribution in [0.15, 0.2) is 47.1 Å². The van der Waals surface area contributed by atoms with Crippen LogP contribution in [0.25, 0.3) is 11.0 Å². The molecule has 0 aliphatic carbocycles. The lowest BCUT2D eigenvalue weighted by atomic mass is 10.3. The predicted octanol–water partition coefficient (Wildman–Crippen LogP) is 3.46. The summed E-state index contributed by atoms with van der Waals surface area (Å²) < 4.78 is 1.02. The van der Waals surface area contributed by atoms with Crippen LogP contribution >= 0.6 is 15.9 Å². The molecule has 0 saturated heterocycles. The van der Waals surface area contributed by atoms with Gasteiger partial charge in [0.15, 0.2) is 5.82 Å².